The lowest BCUT2D eigenvalue weighted by molar-refractivity contribution is -0.140. The van der Waals surface area contributed by atoms with Crippen LogP contribution >= 0.6 is 0 Å². The fourth-order valence-electron chi connectivity index (χ4n) is 2.53. The molecule has 2 atom stereocenters. The summed E-state index contributed by atoms with van der Waals surface area (Å²) in [5.41, 5.74) is 1.31. The Morgan fingerprint density at radius 2 is 1.94 bits per heavy atom. The first-order valence-electron chi connectivity index (χ1n) is 5.94. The van der Waals surface area contributed by atoms with Crippen LogP contribution in [0, 0.1) is 24.2 Å². The van der Waals surface area contributed by atoms with Gasteiger partial charge in [0.1, 0.15) is 0 Å². The number of carboxylic acid groups (broad SMARTS) is 1. The molecule has 18 heavy (non-hydrogen) atoms. The molecule has 0 aromatic heterocycles. The van der Waals surface area contributed by atoms with Crippen molar-refractivity contribution in [3.05, 3.63) is 29.8 Å². The number of amides is 1. The molecule has 0 spiro atoms. The molecule has 0 bridgehead atoms. The lowest BCUT2D eigenvalue weighted by Gasteiger charge is -2.06. The summed E-state index contributed by atoms with van der Waals surface area (Å²) in [4.78, 5) is 23.1. The van der Waals surface area contributed by atoms with Gasteiger partial charge in [0.15, 0.2) is 0 Å². The third kappa shape index (κ3) is 2.10. The van der Waals surface area contributed by atoms with Crippen molar-refractivity contribution in [2.24, 2.45) is 17.3 Å². The third-order valence-corrected chi connectivity index (χ3v) is 3.66. The molecular weight excluding hydrogens is 230 g/mol. The van der Waals surface area contributed by atoms with Gasteiger partial charge in [-0.2, -0.15) is 0 Å². The fraction of sp³-hybridized carbons (Fsp3) is 0.429. The van der Waals surface area contributed by atoms with Crippen molar-refractivity contribution in [1.82, 2.24) is 0 Å². The van der Waals surface area contributed by atoms with Crippen LogP contribution in [-0.4, -0.2) is 17.0 Å². The SMILES string of the molecule is Cc1cccc(NC(=O)[C@@H]2[C@H](C(=O)O)C2(C)C)c1. The van der Waals surface area contributed by atoms with E-state index < -0.39 is 23.2 Å². The Morgan fingerprint density at radius 3 is 2.44 bits per heavy atom. The van der Waals surface area contributed by atoms with Crippen molar-refractivity contribution < 1.29 is 14.7 Å². The molecule has 96 valence electrons. The Kier molecular flexibility index (Phi) is 2.89. The molecule has 0 radical (unpaired) electrons. The summed E-state index contributed by atoms with van der Waals surface area (Å²) in [7, 11) is 0. The van der Waals surface area contributed by atoms with Gasteiger partial charge in [0, 0.05) is 5.69 Å². The van der Waals surface area contributed by atoms with E-state index in [2.05, 4.69) is 5.32 Å². The van der Waals surface area contributed by atoms with Gasteiger partial charge in [-0.15, -0.1) is 0 Å². The Balaban J connectivity index is 2.08. The van der Waals surface area contributed by atoms with Crippen molar-refractivity contribution in [2.45, 2.75) is 20.8 Å². The van der Waals surface area contributed by atoms with Crippen LogP contribution in [0.2, 0.25) is 0 Å². The van der Waals surface area contributed by atoms with Crippen molar-refractivity contribution in [3.63, 3.8) is 0 Å². The molecule has 4 nitrogen and oxygen atoms in total. The second-order valence-corrected chi connectivity index (χ2v) is 5.47. The van der Waals surface area contributed by atoms with Gasteiger partial charge in [-0.1, -0.05) is 26.0 Å². The highest BCUT2D eigenvalue weighted by molar-refractivity contribution is 5.99. The Morgan fingerprint density at radius 1 is 1.28 bits per heavy atom. The molecule has 1 fully saturated rings. The van der Waals surface area contributed by atoms with E-state index in [0.29, 0.717) is 5.69 Å². The minimum atomic E-state index is -0.899. The van der Waals surface area contributed by atoms with Crippen molar-refractivity contribution in [2.75, 3.05) is 5.32 Å². The highest BCUT2D eigenvalue weighted by Gasteiger charge is 2.65. The Bertz CT molecular complexity index is 508. The van der Waals surface area contributed by atoms with Crippen LogP contribution in [0.15, 0.2) is 24.3 Å². The molecule has 1 aromatic carbocycles. The second kappa shape index (κ2) is 4.12. The van der Waals surface area contributed by atoms with Gasteiger partial charge in [-0.25, -0.2) is 0 Å². The summed E-state index contributed by atoms with van der Waals surface area (Å²) in [5, 5.41) is 11.8. The highest BCUT2D eigenvalue weighted by atomic mass is 16.4. The van der Waals surface area contributed by atoms with E-state index in [1.54, 1.807) is 6.07 Å². The van der Waals surface area contributed by atoms with Gasteiger partial charge < -0.3 is 10.4 Å². The quantitative estimate of drug-likeness (QED) is 0.861. The van der Waals surface area contributed by atoms with Gasteiger partial charge in [-0.05, 0) is 30.0 Å². The number of hydrogen-bond acceptors (Lipinski definition) is 2. The number of hydrogen-bond donors (Lipinski definition) is 2. The number of rotatable bonds is 3. The maximum atomic E-state index is 12.0. The van der Waals surface area contributed by atoms with Crippen molar-refractivity contribution in [1.29, 1.82) is 0 Å². The molecule has 1 amide bonds. The van der Waals surface area contributed by atoms with Crippen LogP contribution < -0.4 is 5.32 Å². The third-order valence-electron chi connectivity index (χ3n) is 3.66. The predicted molar refractivity (Wildman–Crippen MR) is 68.2 cm³/mol. The zero-order valence-corrected chi connectivity index (χ0v) is 10.7. The monoisotopic (exact) mass is 247 g/mol. The lowest BCUT2D eigenvalue weighted by Crippen LogP contribution is -2.17. The van der Waals surface area contributed by atoms with Crippen molar-refractivity contribution >= 4 is 17.6 Å². The fourth-order valence-corrected chi connectivity index (χ4v) is 2.53. The Hall–Kier alpha value is -1.84. The van der Waals surface area contributed by atoms with Crippen molar-refractivity contribution in [3.8, 4) is 0 Å². The maximum absolute atomic E-state index is 12.0. The predicted octanol–water partition coefficient (Wildman–Crippen LogP) is 2.29. The number of nitrogens with one attached hydrogen (secondary N) is 1. The number of aryl methyl sites for hydroxylation is 1. The minimum Gasteiger partial charge on any atom is -0.481 e. The number of benzene rings is 1. The first-order valence-corrected chi connectivity index (χ1v) is 5.94. The van der Waals surface area contributed by atoms with Crippen LogP contribution in [0.4, 0.5) is 5.69 Å². The van der Waals surface area contributed by atoms with Gasteiger partial charge in [0.25, 0.3) is 0 Å². The van der Waals surface area contributed by atoms with Crippen LogP contribution in [0.25, 0.3) is 0 Å². The molecule has 0 unspecified atom stereocenters. The van der Waals surface area contributed by atoms with E-state index >= 15 is 0 Å². The van der Waals surface area contributed by atoms with Crippen LogP contribution in [0.5, 0.6) is 0 Å². The molecule has 1 aliphatic rings. The normalized spacial score (nSPS) is 24.4. The molecule has 1 saturated carbocycles. The summed E-state index contributed by atoms with van der Waals surface area (Å²) in [6.07, 6.45) is 0. The Labute approximate surface area is 106 Å². The van der Waals surface area contributed by atoms with Crippen LogP contribution in [-0.2, 0) is 9.59 Å². The second-order valence-electron chi connectivity index (χ2n) is 5.47. The molecule has 0 aliphatic heterocycles. The highest BCUT2D eigenvalue weighted by Crippen LogP contribution is 2.58. The number of carbonyl (C=O) groups is 2. The van der Waals surface area contributed by atoms with E-state index in [4.69, 9.17) is 5.11 Å². The smallest absolute Gasteiger partial charge is 0.307 e. The van der Waals surface area contributed by atoms with Gasteiger partial charge in [-0.3, -0.25) is 9.59 Å². The summed E-state index contributed by atoms with van der Waals surface area (Å²) in [6.45, 7) is 5.56. The number of anilines is 1. The molecule has 2 rings (SSSR count). The minimum absolute atomic E-state index is 0.210. The average molecular weight is 247 g/mol. The molecule has 4 heteroatoms. The molecular formula is C14H17NO3. The average Bonchev–Trinajstić information content (AvgIpc) is 2.81. The molecule has 1 aromatic rings. The van der Waals surface area contributed by atoms with Gasteiger partial charge in [0.2, 0.25) is 5.91 Å². The summed E-state index contributed by atoms with van der Waals surface area (Å²) in [5.74, 6) is -2.14. The van der Waals surface area contributed by atoms with E-state index in [1.165, 1.54) is 0 Å². The summed E-state index contributed by atoms with van der Waals surface area (Å²) >= 11 is 0. The largest absolute Gasteiger partial charge is 0.481 e. The summed E-state index contributed by atoms with van der Waals surface area (Å²) < 4.78 is 0. The van der Waals surface area contributed by atoms with E-state index in [0.717, 1.165) is 5.56 Å². The molecule has 1 aliphatic carbocycles. The number of carbonyl (C=O) groups excluding carboxylic acids is 1. The van der Waals surface area contributed by atoms with E-state index in [9.17, 15) is 9.59 Å². The zero-order valence-electron chi connectivity index (χ0n) is 10.7. The summed E-state index contributed by atoms with van der Waals surface area (Å²) in [6, 6.07) is 7.47. The molecule has 0 saturated heterocycles. The lowest BCUT2D eigenvalue weighted by atomic mass is 10.1. The van der Waals surface area contributed by atoms with Crippen LogP contribution in [0.1, 0.15) is 19.4 Å². The molecule has 2 N–H and O–H groups in total. The number of aliphatic carboxylic acids is 1. The first-order chi connectivity index (χ1) is 8.34. The standard InChI is InChI=1S/C14H17NO3/c1-8-5-4-6-9(7-8)15-12(16)10-11(13(17)18)14(10,2)3/h4-7,10-11H,1-3H3,(H,15,16)(H,17,18)/t10-,11+/m0/s1. The molecule has 0 heterocycles. The van der Waals surface area contributed by atoms with E-state index in [1.807, 2.05) is 39.0 Å². The zero-order chi connectivity index (χ0) is 13.5. The van der Waals surface area contributed by atoms with E-state index in [-0.39, 0.29) is 5.91 Å². The maximum Gasteiger partial charge on any atom is 0.307 e. The van der Waals surface area contributed by atoms with Gasteiger partial charge in [0.05, 0.1) is 11.8 Å². The topological polar surface area (TPSA) is 66.4 Å². The van der Waals surface area contributed by atoms with Gasteiger partial charge >= 0.3 is 5.97 Å². The first kappa shape index (κ1) is 12.6. The number of carboxylic acids is 1. The van der Waals surface area contributed by atoms with Crippen LogP contribution in [0.3, 0.4) is 0 Å².